The predicted octanol–water partition coefficient (Wildman–Crippen LogP) is -2.48. The van der Waals surface area contributed by atoms with Crippen LogP contribution in [-0.2, 0) is 24.3 Å². The molecule has 0 saturated carbocycles. The number of aliphatic hydroxyl groups excluding tert-OH is 3. The molecule has 1 aliphatic heterocycles. The second kappa shape index (κ2) is 9.09. The van der Waals surface area contributed by atoms with Crippen LogP contribution in [0.5, 0.6) is 0 Å². The van der Waals surface area contributed by atoms with Crippen molar-refractivity contribution in [3.8, 4) is 0 Å². The molecule has 5 atom stereocenters. The molecular weight excluding hydrogens is 426 g/mol. The Morgan fingerprint density at radius 2 is 1.93 bits per heavy atom. The maximum absolute atomic E-state index is 12.9. The number of aryl methyl sites for hydroxylation is 2. The van der Waals surface area contributed by atoms with E-state index in [1.54, 1.807) is 0 Å². The summed E-state index contributed by atoms with van der Waals surface area (Å²) in [7, 11) is -4.31. The molecule has 0 aliphatic carbocycles. The highest BCUT2D eigenvalue weighted by molar-refractivity contribution is 7.89. The molecule has 6 N–H and O–H groups in total. The number of hydrogen-bond acceptors (Lipinski definition) is 10. The molecule has 0 unspecified atom stereocenters. The Bertz CT molecular complexity index is 922. The summed E-state index contributed by atoms with van der Waals surface area (Å²) >= 11 is 0. The maximum Gasteiger partial charge on any atom is 0.370 e. The molecule has 1 aromatic rings. The summed E-state index contributed by atoms with van der Waals surface area (Å²) in [5.74, 6) is -2.96. The molecule has 1 aliphatic rings. The molecule has 0 bridgehead atoms. The second-order valence-electron chi connectivity index (χ2n) is 6.69. The molecule has 1 aromatic heterocycles. The Balaban J connectivity index is 2.52. The van der Waals surface area contributed by atoms with E-state index < -0.39 is 64.7 Å². The minimum absolute atomic E-state index is 0.0159. The Morgan fingerprint density at radius 1 is 1.30 bits per heavy atom. The highest BCUT2D eigenvalue weighted by atomic mass is 32.2. The van der Waals surface area contributed by atoms with Crippen molar-refractivity contribution in [3.05, 3.63) is 23.3 Å². The van der Waals surface area contributed by atoms with Crippen LogP contribution < -0.4 is 10.0 Å². The Kier molecular flexibility index (Phi) is 7.20. The average molecular weight is 449 g/mol. The average Bonchev–Trinajstić information content (AvgIpc) is 2.99. The number of carboxylic acid groups (broad SMARTS) is 1. The fourth-order valence-electron chi connectivity index (χ4n) is 3.07. The number of aromatic nitrogens is 1. The van der Waals surface area contributed by atoms with E-state index in [0.717, 1.165) is 13.0 Å². The minimum atomic E-state index is -4.31. The quantitative estimate of drug-likeness (QED) is 0.245. The minimum Gasteiger partial charge on any atom is -0.478 e. The van der Waals surface area contributed by atoms with Gasteiger partial charge in [-0.3, -0.25) is 4.79 Å². The molecule has 0 aromatic carbocycles. The summed E-state index contributed by atoms with van der Waals surface area (Å²) in [6.07, 6.45) is -4.31. The van der Waals surface area contributed by atoms with Gasteiger partial charge in [0.15, 0.2) is 5.76 Å². The number of carbonyl (C=O) groups is 2. The second-order valence-corrected chi connectivity index (χ2v) is 8.34. The van der Waals surface area contributed by atoms with Crippen molar-refractivity contribution in [1.29, 1.82) is 0 Å². The highest BCUT2D eigenvalue weighted by Gasteiger charge is 2.45. The zero-order chi connectivity index (χ0) is 22.8. The van der Waals surface area contributed by atoms with Gasteiger partial charge in [0.05, 0.1) is 18.7 Å². The van der Waals surface area contributed by atoms with E-state index >= 15 is 0 Å². The van der Waals surface area contributed by atoms with E-state index in [1.165, 1.54) is 13.8 Å². The van der Waals surface area contributed by atoms with Gasteiger partial charge in [-0.05, 0) is 19.9 Å². The van der Waals surface area contributed by atoms with Gasteiger partial charge < -0.3 is 35.0 Å². The molecule has 30 heavy (non-hydrogen) atoms. The van der Waals surface area contributed by atoms with Crippen molar-refractivity contribution in [2.24, 2.45) is 0 Å². The number of amides is 1. The van der Waals surface area contributed by atoms with Crippen LogP contribution in [-0.4, -0.2) is 82.9 Å². The summed E-state index contributed by atoms with van der Waals surface area (Å²) in [5.41, 5.74) is 0.0536. The van der Waals surface area contributed by atoms with Gasteiger partial charge in [0.2, 0.25) is 21.7 Å². The molecule has 0 saturated heterocycles. The van der Waals surface area contributed by atoms with Crippen LogP contribution in [0.1, 0.15) is 18.4 Å². The van der Waals surface area contributed by atoms with E-state index in [4.69, 9.17) is 14.4 Å². The predicted molar refractivity (Wildman–Crippen MR) is 97.4 cm³/mol. The van der Waals surface area contributed by atoms with Gasteiger partial charge in [0.1, 0.15) is 28.9 Å². The Morgan fingerprint density at radius 3 is 2.40 bits per heavy atom. The molecule has 2 heterocycles. The maximum atomic E-state index is 12.9. The highest BCUT2D eigenvalue weighted by Crippen LogP contribution is 2.26. The lowest BCUT2D eigenvalue weighted by Crippen LogP contribution is -2.63. The van der Waals surface area contributed by atoms with Gasteiger partial charge in [-0.15, -0.1) is 0 Å². The normalized spacial score (nSPS) is 23.8. The summed E-state index contributed by atoms with van der Waals surface area (Å²) in [5, 5.41) is 44.4. The lowest BCUT2D eigenvalue weighted by atomic mass is 9.92. The molecule has 2 rings (SSSR count). The van der Waals surface area contributed by atoms with E-state index in [1.807, 2.05) is 0 Å². The molecular formula is C16H23N3O10S. The molecule has 0 fully saturated rings. The van der Waals surface area contributed by atoms with Crippen molar-refractivity contribution in [2.45, 2.75) is 56.1 Å². The van der Waals surface area contributed by atoms with E-state index in [2.05, 4.69) is 15.2 Å². The summed E-state index contributed by atoms with van der Waals surface area (Å²) in [6, 6.07) is -2.74. The molecule has 0 radical (unpaired) electrons. The number of nitrogens with zero attached hydrogens (tertiary/aromatic N) is 1. The van der Waals surface area contributed by atoms with Gasteiger partial charge in [-0.25, -0.2) is 17.9 Å². The van der Waals surface area contributed by atoms with Gasteiger partial charge in [-0.2, -0.15) is 0 Å². The fraction of sp³-hybridized carbons (Fsp3) is 0.562. The third kappa shape index (κ3) is 4.96. The summed E-state index contributed by atoms with van der Waals surface area (Å²) in [4.78, 5) is 22.9. The van der Waals surface area contributed by atoms with Crippen molar-refractivity contribution < 1.29 is 47.7 Å². The number of rotatable bonds is 8. The number of carboxylic acids is 1. The molecule has 168 valence electrons. The number of ether oxygens (including phenoxy) is 1. The molecule has 14 heteroatoms. The van der Waals surface area contributed by atoms with Crippen molar-refractivity contribution in [2.75, 3.05) is 6.61 Å². The lowest BCUT2D eigenvalue weighted by molar-refractivity contribution is -0.146. The van der Waals surface area contributed by atoms with Crippen LogP contribution in [0.3, 0.4) is 0 Å². The van der Waals surface area contributed by atoms with Crippen LogP contribution in [0.25, 0.3) is 0 Å². The van der Waals surface area contributed by atoms with Crippen LogP contribution in [0, 0.1) is 13.8 Å². The molecule has 1 amide bonds. The summed E-state index contributed by atoms with van der Waals surface area (Å²) < 4.78 is 38.1. The van der Waals surface area contributed by atoms with Crippen LogP contribution >= 0.6 is 0 Å². The van der Waals surface area contributed by atoms with E-state index in [9.17, 15) is 33.3 Å². The Labute approximate surface area is 171 Å². The molecule has 13 nitrogen and oxygen atoms in total. The van der Waals surface area contributed by atoms with E-state index in [-0.39, 0.29) is 16.3 Å². The number of aliphatic hydroxyl groups is 3. The monoisotopic (exact) mass is 449 g/mol. The number of carbonyl (C=O) groups excluding carboxylic acids is 1. The van der Waals surface area contributed by atoms with Gasteiger partial charge >= 0.3 is 5.97 Å². The standard InChI is InChI=1S/C16H23N3O10S/c1-6-15(7(2)29-18-6)30(26,27)19-9-4-11(16(24)25)28-14(12(9)17-8(3)21)13(23)10(22)5-20/h4,9-10,12-14,19-20,22-23H,5H2,1-3H3,(H,17,21)(H,24,25)/t9-,10+,12+,13+,14+/m0/s1. The van der Waals surface area contributed by atoms with Crippen LogP contribution in [0.2, 0.25) is 0 Å². The lowest BCUT2D eigenvalue weighted by Gasteiger charge is -2.39. The smallest absolute Gasteiger partial charge is 0.370 e. The largest absolute Gasteiger partial charge is 0.478 e. The van der Waals surface area contributed by atoms with E-state index in [0.29, 0.717) is 0 Å². The third-order valence-electron chi connectivity index (χ3n) is 4.36. The SMILES string of the molecule is CC(=O)N[C@H]1[C@H]([C@H](O)[C@H](O)CO)OC(C(=O)O)=C[C@@H]1NS(=O)(=O)c1c(C)noc1C. The van der Waals surface area contributed by atoms with Crippen molar-refractivity contribution >= 4 is 21.9 Å². The number of nitrogens with one attached hydrogen (secondary N) is 2. The zero-order valence-electron chi connectivity index (χ0n) is 16.3. The number of sulfonamides is 1. The van der Waals surface area contributed by atoms with Gasteiger partial charge in [0.25, 0.3) is 0 Å². The first-order valence-electron chi connectivity index (χ1n) is 8.70. The first kappa shape index (κ1) is 23.8. The Hall–Kier alpha value is -2.52. The van der Waals surface area contributed by atoms with Crippen LogP contribution in [0.15, 0.2) is 21.3 Å². The number of hydrogen-bond donors (Lipinski definition) is 6. The van der Waals surface area contributed by atoms with Crippen molar-refractivity contribution in [1.82, 2.24) is 15.2 Å². The topological polar surface area (TPSA) is 209 Å². The summed E-state index contributed by atoms with van der Waals surface area (Å²) in [6.45, 7) is 2.98. The van der Waals surface area contributed by atoms with Crippen LogP contribution in [0.4, 0.5) is 0 Å². The van der Waals surface area contributed by atoms with Gasteiger partial charge in [0, 0.05) is 6.92 Å². The first-order valence-corrected chi connectivity index (χ1v) is 10.2. The van der Waals surface area contributed by atoms with Crippen molar-refractivity contribution in [3.63, 3.8) is 0 Å². The zero-order valence-corrected chi connectivity index (χ0v) is 17.1. The fourth-order valence-corrected chi connectivity index (χ4v) is 4.60. The first-order chi connectivity index (χ1) is 13.9. The third-order valence-corrected chi connectivity index (χ3v) is 6.06. The number of aliphatic carboxylic acids is 1. The molecule has 0 spiro atoms. The van der Waals surface area contributed by atoms with Gasteiger partial charge in [-0.1, -0.05) is 5.16 Å².